The number of para-hydroxylation sites is 1. The summed E-state index contributed by atoms with van der Waals surface area (Å²) in [7, 11) is -2.36. The lowest BCUT2D eigenvalue weighted by Crippen LogP contribution is -2.26. The van der Waals surface area contributed by atoms with E-state index >= 15 is 0 Å². The van der Waals surface area contributed by atoms with Gasteiger partial charge in [-0.25, -0.2) is 13.1 Å². The number of methoxy groups -OCH3 is 1. The standard InChI is InChI=1S/C17H17N3O6S/c1-26-16-9-8-12(27(24,25)19-11-6-7-11)10-14(16)18-17(21)13-4-2-3-5-15(13)20(22)23/h2-5,8-11,19H,6-7H2,1H3,(H,18,21). The van der Waals surface area contributed by atoms with Crippen molar-refractivity contribution in [3.8, 4) is 5.75 Å². The summed E-state index contributed by atoms with van der Waals surface area (Å²) in [4.78, 5) is 22.9. The van der Waals surface area contributed by atoms with E-state index < -0.39 is 20.9 Å². The van der Waals surface area contributed by atoms with E-state index in [1.165, 1.54) is 49.6 Å². The second-order valence-corrected chi connectivity index (χ2v) is 7.70. The van der Waals surface area contributed by atoms with Crippen molar-refractivity contribution in [1.82, 2.24) is 4.72 Å². The minimum atomic E-state index is -3.73. The summed E-state index contributed by atoms with van der Waals surface area (Å²) in [5.74, 6) is -0.516. The van der Waals surface area contributed by atoms with Crippen LogP contribution in [0.3, 0.4) is 0 Å². The largest absolute Gasteiger partial charge is 0.495 e. The lowest BCUT2D eigenvalue weighted by Gasteiger charge is -2.13. The molecule has 1 aliphatic carbocycles. The number of anilines is 1. The van der Waals surface area contributed by atoms with Crippen LogP contribution in [0.5, 0.6) is 5.75 Å². The van der Waals surface area contributed by atoms with Crippen molar-refractivity contribution in [3.05, 3.63) is 58.1 Å². The van der Waals surface area contributed by atoms with Crippen molar-refractivity contribution >= 4 is 27.3 Å². The zero-order valence-corrected chi connectivity index (χ0v) is 15.2. The topological polar surface area (TPSA) is 128 Å². The molecule has 0 aromatic heterocycles. The Morgan fingerprint density at radius 3 is 2.56 bits per heavy atom. The third-order valence-corrected chi connectivity index (χ3v) is 5.49. The number of sulfonamides is 1. The Hall–Kier alpha value is -2.98. The van der Waals surface area contributed by atoms with Gasteiger partial charge in [0.05, 0.1) is 22.6 Å². The molecule has 0 atom stereocenters. The lowest BCUT2D eigenvalue weighted by molar-refractivity contribution is -0.385. The number of ether oxygens (including phenoxy) is 1. The van der Waals surface area contributed by atoms with Crippen molar-refractivity contribution in [2.24, 2.45) is 0 Å². The van der Waals surface area contributed by atoms with Gasteiger partial charge in [-0.2, -0.15) is 0 Å². The summed E-state index contributed by atoms with van der Waals surface area (Å²) < 4.78 is 32.5. The van der Waals surface area contributed by atoms with Gasteiger partial charge in [0.1, 0.15) is 11.3 Å². The number of nitro groups is 1. The molecule has 1 aliphatic rings. The first-order valence-corrected chi connectivity index (χ1v) is 9.55. The first kappa shape index (κ1) is 18.8. The SMILES string of the molecule is COc1ccc(S(=O)(=O)NC2CC2)cc1NC(=O)c1ccccc1[N+](=O)[O-]. The maximum Gasteiger partial charge on any atom is 0.282 e. The van der Waals surface area contributed by atoms with Crippen molar-refractivity contribution in [2.75, 3.05) is 12.4 Å². The molecular weight excluding hydrogens is 374 g/mol. The van der Waals surface area contributed by atoms with Crippen LogP contribution in [0.1, 0.15) is 23.2 Å². The van der Waals surface area contributed by atoms with Crippen LogP contribution in [0, 0.1) is 10.1 Å². The number of hydrogen-bond donors (Lipinski definition) is 2. The van der Waals surface area contributed by atoms with Crippen LogP contribution >= 0.6 is 0 Å². The molecule has 0 heterocycles. The highest BCUT2D eigenvalue weighted by Crippen LogP contribution is 2.30. The second kappa shape index (κ2) is 7.33. The fraction of sp³-hybridized carbons (Fsp3) is 0.235. The average molecular weight is 391 g/mol. The number of nitro benzene ring substituents is 1. The van der Waals surface area contributed by atoms with Crippen LogP contribution in [0.2, 0.25) is 0 Å². The molecule has 3 rings (SSSR count). The van der Waals surface area contributed by atoms with E-state index in [9.17, 15) is 23.3 Å². The number of amides is 1. The van der Waals surface area contributed by atoms with Crippen molar-refractivity contribution in [3.63, 3.8) is 0 Å². The van der Waals surface area contributed by atoms with Gasteiger partial charge in [0.15, 0.2) is 0 Å². The Kier molecular flexibility index (Phi) is 5.10. The molecule has 2 aromatic rings. The van der Waals surface area contributed by atoms with E-state index in [1.54, 1.807) is 0 Å². The fourth-order valence-electron chi connectivity index (χ4n) is 2.46. The van der Waals surface area contributed by atoms with Crippen molar-refractivity contribution in [2.45, 2.75) is 23.8 Å². The van der Waals surface area contributed by atoms with Gasteiger partial charge in [-0.05, 0) is 37.1 Å². The third kappa shape index (κ3) is 4.23. The van der Waals surface area contributed by atoms with Gasteiger partial charge >= 0.3 is 0 Å². The summed E-state index contributed by atoms with van der Waals surface area (Å²) in [5, 5.41) is 13.6. The molecule has 2 N–H and O–H groups in total. The van der Waals surface area contributed by atoms with Crippen LogP contribution in [0.15, 0.2) is 47.4 Å². The van der Waals surface area contributed by atoms with Gasteiger partial charge in [0.2, 0.25) is 10.0 Å². The summed E-state index contributed by atoms with van der Waals surface area (Å²) in [6.07, 6.45) is 1.58. The molecular formula is C17H17N3O6S. The molecule has 0 saturated heterocycles. The molecule has 0 bridgehead atoms. The minimum Gasteiger partial charge on any atom is -0.495 e. The summed E-state index contributed by atoms with van der Waals surface area (Å²) in [6, 6.07) is 9.45. The summed E-state index contributed by atoms with van der Waals surface area (Å²) >= 11 is 0. The van der Waals surface area contributed by atoms with E-state index in [1.807, 2.05) is 0 Å². The molecule has 0 radical (unpaired) electrons. The van der Waals surface area contributed by atoms with Crippen LogP contribution < -0.4 is 14.8 Å². The predicted octanol–water partition coefficient (Wildman–Crippen LogP) is 2.30. The first-order chi connectivity index (χ1) is 12.8. The van der Waals surface area contributed by atoms with Gasteiger partial charge in [0.25, 0.3) is 11.6 Å². The molecule has 0 unspecified atom stereocenters. The van der Waals surface area contributed by atoms with Crippen LogP contribution in [-0.2, 0) is 10.0 Å². The van der Waals surface area contributed by atoms with Gasteiger partial charge in [-0.15, -0.1) is 0 Å². The molecule has 9 nitrogen and oxygen atoms in total. The highest BCUT2D eigenvalue weighted by Gasteiger charge is 2.29. The lowest BCUT2D eigenvalue weighted by atomic mass is 10.1. The van der Waals surface area contributed by atoms with E-state index in [0.717, 1.165) is 12.8 Å². The zero-order chi connectivity index (χ0) is 19.6. The monoisotopic (exact) mass is 391 g/mol. The number of carbonyl (C=O) groups excluding carboxylic acids is 1. The van der Waals surface area contributed by atoms with Gasteiger partial charge in [-0.3, -0.25) is 14.9 Å². The number of nitrogens with zero attached hydrogens (tertiary/aromatic N) is 1. The van der Waals surface area contributed by atoms with E-state index in [-0.39, 0.29) is 33.6 Å². The molecule has 1 saturated carbocycles. The van der Waals surface area contributed by atoms with Gasteiger partial charge in [-0.1, -0.05) is 12.1 Å². The maximum absolute atomic E-state index is 12.5. The highest BCUT2D eigenvalue weighted by molar-refractivity contribution is 7.89. The summed E-state index contributed by atoms with van der Waals surface area (Å²) in [6.45, 7) is 0. The zero-order valence-electron chi connectivity index (χ0n) is 14.3. The van der Waals surface area contributed by atoms with Gasteiger partial charge in [0, 0.05) is 12.1 Å². The first-order valence-electron chi connectivity index (χ1n) is 8.07. The van der Waals surface area contributed by atoms with Crippen LogP contribution in [-0.4, -0.2) is 32.4 Å². The average Bonchev–Trinajstić information content (AvgIpc) is 3.44. The Balaban J connectivity index is 1.93. The number of benzene rings is 2. The van der Waals surface area contributed by atoms with Crippen LogP contribution in [0.25, 0.3) is 0 Å². The molecule has 0 spiro atoms. The second-order valence-electron chi connectivity index (χ2n) is 5.99. The predicted molar refractivity (Wildman–Crippen MR) is 97.4 cm³/mol. The van der Waals surface area contributed by atoms with Crippen molar-refractivity contribution < 1.29 is 22.9 Å². The number of rotatable bonds is 7. The molecule has 27 heavy (non-hydrogen) atoms. The normalized spacial score (nSPS) is 13.8. The molecule has 1 amide bonds. The Labute approximate surface area is 155 Å². The summed E-state index contributed by atoms with van der Waals surface area (Å²) in [5.41, 5.74) is -0.401. The van der Waals surface area contributed by atoms with E-state index in [4.69, 9.17) is 4.74 Å². The Morgan fingerprint density at radius 1 is 1.22 bits per heavy atom. The van der Waals surface area contributed by atoms with Crippen molar-refractivity contribution in [1.29, 1.82) is 0 Å². The van der Waals surface area contributed by atoms with E-state index in [2.05, 4.69) is 10.0 Å². The molecule has 1 fully saturated rings. The van der Waals surface area contributed by atoms with Crippen LogP contribution in [0.4, 0.5) is 11.4 Å². The van der Waals surface area contributed by atoms with E-state index in [0.29, 0.717) is 0 Å². The Bertz CT molecular complexity index is 1000. The smallest absolute Gasteiger partial charge is 0.282 e. The molecule has 142 valence electrons. The maximum atomic E-state index is 12.5. The third-order valence-electron chi connectivity index (χ3n) is 3.97. The highest BCUT2D eigenvalue weighted by atomic mass is 32.2. The number of carbonyl (C=O) groups is 1. The quantitative estimate of drug-likeness (QED) is 0.551. The van der Waals surface area contributed by atoms with Gasteiger partial charge < -0.3 is 10.1 Å². The molecule has 0 aliphatic heterocycles. The number of nitrogens with one attached hydrogen (secondary N) is 2. The minimum absolute atomic E-state index is 0.0342. The number of hydrogen-bond acceptors (Lipinski definition) is 6. The fourth-order valence-corrected chi connectivity index (χ4v) is 3.79. The Morgan fingerprint density at radius 2 is 1.93 bits per heavy atom. The molecule has 2 aromatic carbocycles. The molecule has 10 heteroatoms.